The first-order chi connectivity index (χ1) is 13.8. The molecule has 0 spiro atoms. The Morgan fingerprint density at radius 2 is 1.76 bits per heavy atom. The summed E-state index contributed by atoms with van der Waals surface area (Å²) in [7, 11) is -3.68. The molecular weight excluding hydrogens is 392 g/mol. The minimum Gasteiger partial charge on any atom is -0.491 e. The quantitative estimate of drug-likeness (QED) is 0.779. The van der Waals surface area contributed by atoms with Crippen molar-refractivity contribution in [3.63, 3.8) is 0 Å². The third kappa shape index (κ3) is 5.14. The van der Waals surface area contributed by atoms with Gasteiger partial charge in [-0.05, 0) is 62.7 Å². The Bertz CT molecular complexity index is 965. The standard InChI is InChI=1S/C21H26N2O5S/c1-15(2)28-19-8-6-18(7-9-19)22-21(24)17-5-4-16(3)20(14-17)29(25,26)23-10-12-27-13-11-23/h4-9,14-15H,10-13H2,1-3H3,(H,22,24). The fourth-order valence-corrected chi connectivity index (χ4v) is 4.70. The number of hydrogen-bond donors (Lipinski definition) is 1. The largest absolute Gasteiger partial charge is 0.491 e. The van der Waals surface area contributed by atoms with Crippen molar-refractivity contribution in [1.29, 1.82) is 0 Å². The van der Waals surface area contributed by atoms with Crippen molar-refractivity contribution in [3.05, 3.63) is 53.6 Å². The lowest BCUT2D eigenvalue weighted by atomic mass is 10.1. The van der Waals surface area contributed by atoms with Gasteiger partial charge in [0.1, 0.15) is 5.75 Å². The summed E-state index contributed by atoms with van der Waals surface area (Å²) in [6.45, 7) is 6.96. The number of morpholine rings is 1. The van der Waals surface area contributed by atoms with E-state index in [0.29, 0.717) is 43.3 Å². The molecule has 1 saturated heterocycles. The maximum absolute atomic E-state index is 13.0. The molecule has 156 valence electrons. The zero-order valence-corrected chi connectivity index (χ0v) is 17.7. The summed E-state index contributed by atoms with van der Waals surface area (Å²) in [6, 6.07) is 11.8. The number of carbonyl (C=O) groups is 1. The van der Waals surface area contributed by atoms with Crippen molar-refractivity contribution in [2.45, 2.75) is 31.8 Å². The van der Waals surface area contributed by atoms with Crippen molar-refractivity contribution in [2.75, 3.05) is 31.6 Å². The molecule has 1 heterocycles. The second kappa shape index (κ2) is 8.94. The van der Waals surface area contributed by atoms with Crippen LogP contribution in [0.1, 0.15) is 29.8 Å². The number of aryl methyl sites for hydroxylation is 1. The van der Waals surface area contributed by atoms with Crippen LogP contribution in [0.15, 0.2) is 47.4 Å². The summed E-state index contributed by atoms with van der Waals surface area (Å²) in [5.41, 5.74) is 1.48. The predicted molar refractivity (Wildman–Crippen MR) is 111 cm³/mol. The zero-order chi connectivity index (χ0) is 21.0. The van der Waals surface area contributed by atoms with Gasteiger partial charge in [0.2, 0.25) is 10.0 Å². The molecule has 0 aliphatic carbocycles. The van der Waals surface area contributed by atoms with Gasteiger partial charge < -0.3 is 14.8 Å². The lowest BCUT2D eigenvalue weighted by molar-refractivity contribution is 0.0730. The molecule has 0 aromatic heterocycles. The predicted octanol–water partition coefficient (Wildman–Crippen LogP) is 3.06. The minimum absolute atomic E-state index is 0.0647. The van der Waals surface area contributed by atoms with E-state index in [1.165, 1.54) is 10.4 Å². The number of hydrogen-bond acceptors (Lipinski definition) is 5. The highest BCUT2D eigenvalue weighted by Gasteiger charge is 2.28. The minimum atomic E-state index is -3.68. The van der Waals surface area contributed by atoms with Gasteiger partial charge in [-0.25, -0.2) is 8.42 Å². The van der Waals surface area contributed by atoms with Crippen molar-refractivity contribution in [2.24, 2.45) is 0 Å². The first-order valence-electron chi connectivity index (χ1n) is 9.54. The average Bonchev–Trinajstić information content (AvgIpc) is 2.70. The second-order valence-corrected chi connectivity index (χ2v) is 9.05. The van der Waals surface area contributed by atoms with Gasteiger partial charge in [-0.15, -0.1) is 0 Å². The van der Waals surface area contributed by atoms with Gasteiger partial charge in [0.05, 0.1) is 24.2 Å². The lowest BCUT2D eigenvalue weighted by Gasteiger charge is -2.26. The summed E-state index contributed by atoms with van der Waals surface area (Å²) in [6.07, 6.45) is 0.0647. The molecule has 29 heavy (non-hydrogen) atoms. The maximum atomic E-state index is 13.0. The van der Waals surface area contributed by atoms with Crippen LogP contribution in [0.3, 0.4) is 0 Å². The molecule has 0 unspecified atom stereocenters. The summed E-state index contributed by atoms with van der Waals surface area (Å²) in [5, 5.41) is 2.79. The number of ether oxygens (including phenoxy) is 2. The van der Waals surface area contributed by atoms with Crippen LogP contribution in [0.25, 0.3) is 0 Å². The molecule has 0 atom stereocenters. The molecule has 1 N–H and O–H groups in total. The Morgan fingerprint density at radius 1 is 1.10 bits per heavy atom. The molecule has 3 rings (SSSR count). The van der Waals surface area contributed by atoms with Crippen molar-refractivity contribution < 1.29 is 22.7 Å². The van der Waals surface area contributed by atoms with Crippen molar-refractivity contribution in [3.8, 4) is 5.75 Å². The van der Waals surface area contributed by atoms with Gasteiger partial charge in [-0.2, -0.15) is 4.31 Å². The first kappa shape index (κ1) is 21.3. The molecule has 8 heteroatoms. The smallest absolute Gasteiger partial charge is 0.255 e. The van der Waals surface area contributed by atoms with Gasteiger partial charge in [0.15, 0.2) is 0 Å². The number of benzene rings is 2. The molecule has 1 fully saturated rings. The number of rotatable bonds is 6. The molecule has 0 radical (unpaired) electrons. The topological polar surface area (TPSA) is 84.9 Å². The molecule has 1 amide bonds. The third-order valence-corrected chi connectivity index (χ3v) is 6.56. The molecule has 1 aliphatic heterocycles. The number of carbonyl (C=O) groups excluding carboxylic acids is 1. The molecular formula is C21H26N2O5S. The fourth-order valence-electron chi connectivity index (χ4n) is 3.04. The molecule has 1 aliphatic rings. The summed E-state index contributed by atoms with van der Waals surface area (Å²) >= 11 is 0. The third-order valence-electron chi connectivity index (χ3n) is 4.52. The summed E-state index contributed by atoms with van der Waals surface area (Å²) < 4.78 is 38.2. The molecule has 2 aromatic rings. The molecule has 0 bridgehead atoms. The average molecular weight is 419 g/mol. The molecule has 7 nitrogen and oxygen atoms in total. The van der Waals surface area contributed by atoms with Crippen molar-refractivity contribution >= 4 is 21.6 Å². The highest BCUT2D eigenvalue weighted by atomic mass is 32.2. The van der Waals surface area contributed by atoms with E-state index < -0.39 is 10.0 Å². The number of nitrogens with zero attached hydrogens (tertiary/aromatic N) is 1. The Labute approximate surface area is 171 Å². The van der Waals surface area contributed by atoms with E-state index >= 15 is 0 Å². The monoisotopic (exact) mass is 418 g/mol. The normalized spacial score (nSPS) is 15.3. The van der Waals surface area contributed by atoms with Crippen LogP contribution >= 0.6 is 0 Å². The SMILES string of the molecule is Cc1ccc(C(=O)Nc2ccc(OC(C)C)cc2)cc1S(=O)(=O)N1CCOCC1. The first-order valence-corrected chi connectivity index (χ1v) is 11.0. The van der Waals surface area contributed by atoms with Crippen LogP contribution in [-0.4, -0.2) is 51.0 Å². The van der Waals surface area contributed by atoms with E-state index in [9.17, 15) is 13.2 Å². The van der Waals surface area contributed by atoms with Gasteiger partial charge in [0, 0.05) is 24.3 Å². The van der Waals surface area contributed by atoms with Crippen LogP contribution < -0.4 is 10.1 Å². The van der Waals surface area contributed by atoms with Crippen molar-refractivity contribution in [1.82, 2.24) is 4.31 Å². The summed E-state index contributed by atoms with van der Waals surface area (Å²) in [4.78, 5) is 12.8. The number of nitrogens with one attached hydrogen (secondary N) is 1. The van der Waals surface area contributed by atoms with E-state index in [1.54, 1.807) is 43.3 Å². The highest BCUT2D eigenvalue weighted by Crippen LogP contribution is 2.23. The van der Waals surface area contributed by atoms with Crippen LogP contribution in [-0.2, 0) is 14.8 Å². The van der Waals surface area contributed by atoms with E-state index in [4.69, 9.17) is 9.47 Å². The van der Waals surface area contributed by atoms with Crippen LogP contribution in [0.5, 0.6) is 5.75 Å². The zero-order valence-electron chi connectivity index (χ0n) is 16.8. The van der Waals surface area contributed by atoms with Gasteiger partial charge in [0.25, 0.3) is 5.91 Å². The molecule has 0 saturated carbocycles. The van der Waals surface area contributed by atoms with Gasteiger partial charge >= 0.3 is 0 Å². The number of sulfonamides is 1. The Kier molecular flexibility index (Phi) is 6.56. The fraction of sp³-hybridized carbons (Fsp3) is 0.381. The lowest BCUT2D eigenvalue weighted by Crippen LogP contribution is -2.40. The molecule has 2 aromatic carbocycles. The van der Waals surface area contributed by atoms with Crippen LogP contribution in [0.2, 0.25) is 0 Å². The van der Waals surface area contributed by atoms with Gasteiger partial charge in [-0.3, -0.25) is 4.79 Å². The summed E-state index contributed by atoms with van der Waals surface area (Å²) in [5.74, 6) is 0.341. The highest BCUT2D eigenvalue weighted by molar-refractivity contribution is 7.89. The Hall–Kier alpha value is -2.42. The van der Waals surface area contributed by atoms with Crippen LogP contribution in [0.4, 0.5) is 5.69 Å². The van der Waals surface area contributed by atoms with Gasteiger partial charge in [-0.1, -0.05) is 6.07 Å². The van der Waals surface area contributed by atoms with Crippen LogP contribution in [0, 0.1) is 6.92 Å². The number of anilines is 1. The van der Waals surface area contributed by atoms with E-state index in [1.807, 2.05) is 13.8 Å². The Balaban J connectivity index is 1.79. The number of amides is 1. The van der Waals surface area contributed by atoms with E-state index in [0.717, 1.165) is 0 Å². The maximum Gasteiger partial charge on any atom is 0.255 e. The Morgan fingerprint density at radius 3 is 2.38 bits per heavy atom. The van der Waals surface area contributed by atoms with E-state index in [-0.39, 0.29) is 22.5 Å². The second-order valence-electron chi connectivity index (χ2n) is 7.14. The van der Waals surface area contributed by atoms with E-state index in [2.05, 4.69) is 5.32 Å².